The van der Waals surface area contributed by atoms with Crippen molar-refractivity contribution in [1.29, 1.82) is 0 Å². The lowest BCUT2D eigenvalue weighted by atomic mass is 9.77. The van der Waals surface area contributed by atoms with Crippen molar-refractivity contribution in [1.82, 2.24) is 14.8 Å². The van der Waals surface area contributed by atoms with Gasteiger partial charge in [-0.3, -0.25) is 19.6 Å². The summed E-state index contributed by atoms with van der Waals surface area (Å²) in [6.45, 7) is 2.21. The smallest absolute Gasteiger partial charge is 0.265 e. The van der Waals surface area contributed by atoms with Gasteiger partial charge < -0.3 is 0 Å². The molecule has 3 aromatic rings. The van der Waals surface area contributed by atoms with Gasteiger partial charge in [-0.15, -0.1) is 0 Å². The van der Waals surface area contributed by atoms with Crippen LogP contribution in [0.4, 0.5) is 5.69 Å². The fourth-order valence-corrected chi connectivity index (χ4v) is 5.14. The van der Waals surface area contributed by atoms with Crippen molar-refractivity contribution in [3.63, 3.8) is 0 Å². The molecule has 0 unspecified atom stereocenters. The molecule has 0 spiro atoms. The van der Waals surface area contributed by atoms with E-state index in [1.54, 1.807) is 19.1 Å². The predicted molar refractivity (Wildman–Crippen MR) is 139 cm³/mol. The van der Waals surface area contributed by atoms with E-state index in [-0.39, 0.29) is 17.3 Å². The number of aromatic nitrogens is 2. The molecule has 184 valence electrons. The van der Waals surface area contributed by atoms with Gasteiger partial charge in [-0.05, 0) is 73.2 Å². The van der Waals surface area contributed by atoms with Gasteiger partial charge in [0.2, 0.25) is 5.69 Å². The molecule has 10 heteroatoms. The van der Waals surface area contributed by atoms with E-state index in [1.807, 2.05) is 36.4 Å². The van der Waals surface area contributed by atoms with Gasteiger partial charge in [0.1, 0.15) is 6.20 Å². The van der Waals surface area contributed by atoms with Crippen LogP contribution in [0.15, 0.2) is 65.4 Å². The second-order valence-corrected chi connectivity index (χ2v) is 9.70. The number of hydrogen-bond acceptors (Lipinski definition) is 5. The highest BCUT2D eigenvalue weighted by Crippen LogP contribution is 2.45. The predicted octanol–water partition coefficient (Wildman–Crippen LogP) is 6.55. The molecule has 5 rings (SSSR count). The summed E-state index contributed by atoms with van der Waals surface area (Å²) in [4.78, 5) is 24.9. The van der Waals surface area contributed by atoms with Crippen LogP contribution >= 0.6 is 23.2 Å². The molecule has 0 radical (unpaired) electrons. The average molecular weight is 524 g/mol. The average Bonchev–Trinajstić information content (AvgIpc) is 3.49. The lowest BCUT2D eigenvalue weighted by Crippen LogP contribution is -2.32. The monoisotopic (exact) mass is 523 g/mol. The molecular formula is C26H23Cl2N5O3. The number of aryl methyl sites for hydroxylation is 1. The number of carbonyl (C=O) groups is 1. The number of allylic oxidation sites excluding steroid dienone is 1. The minimum absolute atomic E-state index is 0.0604. The number of halogens is 2. The Morgan fingerprint density at radius 3 is 2.44 bits per heavy atom. The fourth-order valence-electron chi connectivity index (χ4n) is 4.89. The lowest BCUT2D eigenvalue weighted by Gasteiger charge is -2.29. The van der Waals surface area contributed by atoms with Gasteiger partial charge in [-0.2, -0.15) is 10.2 Å². The summed E-state index contributed by atoms with van der Waals surface area (Å²) in [7, 11) is 0. The van der Waals surface area contributed by atoms with Crippen LogP contribution in [0, 0.1) is 16.0 Å². The molecule has 1 aromatic heterocycles. The van der Waals surface area contributed by atoms with Crippen molar-refractivity contribution in [3.8, 4) is 0 Å². The number of nitrogens with zero attached hydrogens (tertiary/aromatic N) is 5. The number of fused-ring (bicyclic) bond motifs is 1. The Labute approximate surface area is 218 Å². The van der Waals surface area contributed by atoms with E-state index in [0.717, 1.165) is 41.7 Å². The molecule has 1 aliphatic heterocycles. The summed E-state index contributed by atoms with van der Waals surface area (Å²) in [6, 6.07) is 14.4. The third-order valence-corrected chi connectivity index (χ3v) is 7.10. The highest BCUT2D eigenvalue weighted by molar-refractivity contribution is 6.30. The quantitative estimate of drug-likeness (QED) is 0.279. The summed E-state index contributed by atoms with van der Waals surface area (Å²) in [6.07, 6.45) is 5.94. The Balaban J connectivity index is 1.60. The van der Waals surface area contributed by atoms with Gasteiger partial charge in [0.05, 0.1) is 16.7 Å². The van der Waals surface area contributed by atoms with Gasteiger partial charge in [0.25, 0.3) is 0 Å². The SMILES string of the molecule is CCn1cc([N+](=O)[O-])c(C(=O)N2N=C3/C(=C/c4ccc(Cl)cc4)CCC[C@@H]3[C@@H]2c2ccc(Cl)cc2)n1. The van der Waals surface area contributed by atoms with Crippen LogP contribution in [0.1, 0.15) is 53.8 Å². The molecule has 1 amide bonds. The Morgan fingerprint density at radius 1 is 1.14 bits per heavy atom. The summed E-state index contributed by atoms with van der Waals surface area (Å²) in [5, 5.41) is 23.3. The molecule has 1 aliphatic carbocycles. The second-order valence-electron chi connectivity index (χ2n) is 8.83. The fraction of sp³-hybridized carbons (Fsp3) is 0.269. The van der Waals surface area contributed by atoms with Crippen LogP contribution < -0.4 is 0 Å². The molecule has 0 N–H and O–H groups in total. The van der Waals surface area contributed by atoms with Gasteiger partial charge in [-0.1, -0.05) is 47.5 Å². The van der Waals surface area contributed by atoms with Gasteiger partial charge in [0.15, 0.2) is 0 Å². The van der Waals surface area contributed by atoms with E-state index >= 15 is 0 Å². The molecule has 36 heavy (non-hydrogen) atoms. The minimum Gasteiger partial charge on any atom is -0.265 e. The number of benzene rings is 2. The Morgan fingerprint density at radius 2 is 1.81 bits per heavy atom. The number of hydrazone groups is 1. The van der Waals surface area contributed by atoms with E-state index in [9.17, 15) is 14.9 Å². The zero-order valence-corrected chi connectivity index (χ0v) is 21.0. The molecule has 2 atom stereocenters. The third-order valence-electron chi connectivity index (χ3n) is 6.60. The number of nitro groups is 1. The van der Waals surface area contributed by atoms with Crippen LogP contribution in [0.5, 0.6) is 0 Å². The first-order chi connectivity index (χ1) is 17.4. The number of rotatable bonds is 5. The van der Waals surface area contributed by atoms with Crippen molar-refractivity contribution in [2.45, 2.75) is 38.8 Å². The van der Waals surface area contributed by atoms with E-state index in [1.165, 1.54) is 15.9 Å². The first kappa shape index (κ1) is 24.2. The van der Waals surface area contributed by atoms with Crippen LogP contribution in [0.2, 0.25) is 10.0 Å². The largest absolute Gasteiger partial charge is 0.320 e. The summed E-state index contributed by atoms with van der Waals surface area (Å²) in [5.74, 6) is -0.656. The Bertz CT molecular complexity index is 1380. The summed E-state index contributed by atoms with van der Waals surface area (Å²) < 4.78 is 1.39. The second kappa shape index (κ2) is 9.87. The maximum atomic E-state index is 13.8. The number of amides is 1. The van der Waals surface area contributed by atoms with Gasteiger partial charge in [-0.25, -0.2) is 5.01 Å². The summed E-state index contributed by atoms with van der Waals surface area (Å²) >= 11 is 12.2. The van der Waals surface area contributed by atoms with Gasteiger partial charge >= 0.3 is 11.6 Å². The number of hydrogen-bond donors (Lipinski definition) is 0. The molecular weight excluding hydrogens is 501 g/mol. The molecule has 2 heterocycles. The Hall–Kier alpha value is -3.49. The van der Waals surface area contributed by atoms with Gasteiger partial charge in [0, 0.05) is 22.5 Å². The maximum Gasteiger partial charge on any atom is 0.320 e. The molecule has 1 saturated carbocycles. The normalized spacial score (nSPS) is 20.4. The molecule has 8 nitrogen and oxygen atoms in total. The highest BCUT2D eigenvalue weighted by Gasteiger charge is 2.45. The molecule has 0 bridgehead atoms. The zero-order valence-electron chi connectivity index (χ0n) is 19.5. The zero-order chi connectivity index (χ0) is 25.4. The highest BCUT2D eigenvalue weighted by atomic mass is 35.5. The van der Waals surface area contributed by atoms with Crippen LogP contribution in [-0.4, -0.2) is 31.3 Å². The van der Waals surface area contributed by atoms with Crippen molar-refractivity contribution in [2.24, 2.45) is 11.0 Å². The maximum absolute atomic E-state index is 13.8. The van der Waals surface area contributed by atoms with E-state index in [2.05, 4.69) is 11.2 Å². The third kappa shape index (κ3) is 4.54. The van der Waals surface area contributed by atoms with Crippen LogP contribution in [0.3, 0.4) is 0 Å². The van der Waals surface area contributed by atoms with Crippen LogP contribution in [-0.2, 0) is 6.54 Å². The molecule has 2 aromatic carbocycles. The standard InChI is InChI=1S/C26H23Cl2N5O3/c1-2-31-15-22(33(35)36)24(29-31)26(34)32-25(17-8-12-20(28)13-9-17)21-5-3-4-18(23(21)30-32)14-16-6-10-19(27)11-7-16/h6-15,21,25H,2-5H2,1H3/b18-14+/t21-,25-/m0/s1. The molecule has 2 aliphatic rings. The number of carbonyl (C=O) groups excluding carboxylic acids is 1. The van der Waals surface area contributed by atoms with Crippen molar-refractivity contribution in [3.05, 3.63) is 97.3 Å². The van der Waals surface area contributed by atoms with E-state index in [0.29, 0.717) is 16.6 Å². The van der Waals surface area contributed by atoms with Crippen molar-refractivity contribution in [2.75, 3.05) is 0 Å². The molecule has 0 saturated heterocycles. The van der Waals surface area contributed by atoms with Crippen molar-refractivity contribution < 1.29 is 9.72 Å². The first-order valence-corrected chi connectivity index (χ1v) is 12.5. The van der Waals surface area contributed by atoms with E-state index in [4.69, 9.17) is 28.3 Å². The lowest BCUT2D eigenvalue weighted by molar-refractivity contribution is -0.385. The minimum atomic E-state index is -0.596. The van der Waals surface area contributed by atoms with E-state index < -0.39 is 16.9 Å². The topological polar surface area (TPSA) is 93.6 Å². The Kier molecular flexibility index (Phi) is 6.64. The summed E-state index contributed by atoms with van der Waals surface area (Å²) in [5.41, 5.74) is 3.17. The van der Waals surface area contributed by atoms with Crippen LogP contribution in [0.25, 0.3) is 6.08 Å². The first-order valence-electron chi connectivity index (χ1n) is 11.7. The van der Waals surface area contributed by atoms with Crippen molar-refractivity contribution >= 4 is 46.6 Å². The molecule has 1 fully saturated rings.